The number of carbonyl (C=O) groups is 3. The average molecular weight is 524 g/mol. The molecule has 0 aliphatic heterocycles. The molecule has 0 aromatic heterocycles. The van der Waals surface area contributed by atoms with Crippen LogP contribution in [0.3, 0.4) is 0 Å². The number of rotatable bonds is 9. The van der Waals surface area contributed by atoms with E-state index >= 15 is 0 Å². The molecule has 0 aliphatic carbocycles. The Morgan fingerprint density at radius 2 is 1.50 bits per heavy atom. The van der Waals surface area contributed by atoms with Crippen LogP contribution in [0.25, 0.3) is 0 Å². The van der Waals surface area contributed by atoms with E-state index in [1.807, 2.05) is 41.5 Å². The molecule has 2 rings (SSSR count). The predicted molar refractivity (Wildman–Crippen MR) is 142 cm³/mol. The first-order chi connectivity index (χ1) is 17.3. The summed E-state index contributed by atoms with van der Waals surface area (Å²) in [4.78, 5) is 40.6. The van der Waals surface area contributed by atoms with Gasteiger partial charge in [-0.2, -0.15) is 0 Å². The number of aliphatic hydroxyl groups is 1. The smallest absolute Gasteiger partial charge is 0.338 e. The Balaban J connectivity index is 0. The number of ether oxygens (including phenoxy) is 1. The predicted octanol–water partition coefficient (Wildman–Crippen LogP) is 6.72. The van der Waals surface area contributed by atoms with E-state index in [0.717, 1.165) is 17.8 Å². The lowest BCUT2D eigenvalue weighted by molar-refractivity contribution is -0.143. The Labute approximate surface area is 218 Å². The van der Waals surface area contributed by atoms with Crippen LogP contribution in [0, 0.1) is 5.82 Å². The Kier molecular flexibility index (Phi) is 20.7. The third-order valence-corrected chi connectivity index (χ3v) is 4.80. The average Bonchev–Trinajstić information content (AvgIpc) is 2.94. The molecule has 36 heavy (non-hydrogen) atoms. The van der Waals surface area contributed by atoms with Gasteiger partial charge in [-0.1, -0.05) is 65.4 Å². The summed E-state index contributed by atoms with van der Waals surface area (Å²) in [6, 6.07) is 10.3. The second-order valence-electron chi connectivity index (χ2n) is 5.95. The first-order valence-electron chi connectivity index (χ1n) is 12.0. The molecule has 0 saturated carbocycles. The van der Waals surface area contributed by atoms with Crippen LogP contribution in [0.5, 0.6) is 0 Å². The molecule has 0 fully saturated rings. The highest BCUT2D eigenvalue weighted by molar-refractivity contribution is 7.99. The van der Waals surface area contributed by atoms with Crippen molar-refractivity contribution in [2.24, 2.45) is 5.16 Å². The molecule has 0 atom stereocenters. The zero-order chi connectivity index (χ0) is 28.1. The molecule has 0 aliphatic rings. The molecule has 0 unspecified atom stereocenters. The maximum Gasteiger partial charge on any atom is 0.338 e. The molecule has 0 spiro atoms. The number of aliphatic hydroxyl groups excluding tert-OH is 1. The van der Waals surface area contributed by atoms with E-state index in [1.54, 1.807) is 19.1 Å². The third-order valence-electron chi connectivity index (χ3n) is 3.74. The van der Waals surface area contributed by atoms with Gasteiger partial charge in [-0.15, -0.1) is 0 Å². The van der Waals surface area contributed by atoms with Crippen molar-refractivity contribution in [3.05, 3.63) is 59.4 Å². The van der Waals surface area contributed by atoms with Crippen molar-refractivity contribution < 1.29 is 33.5 Å². The molecule has 0 heterocycles. The Morgan fingerprint density at radius 3 is 2.00 bits per heavy atom. The Morgan fingerprint density at radius 1 is 0.944 bits per heavy atom. The third kappa shape index (κ3) is 12.6. The number of ketones is 1. The zero-order valence-corrected chi connectivity index (χ0v) is 23.2. The maximum atomic E-state index is 14.5. The summed E-state index contributed by atoms with van der Waals surface area (Å²) < 4.78 is 19.3. The van der Waals surface area contributed by atoms with Crippen molar-refractivity contribution in [2.45, 2.75) is 71.6 Å². The minimum atomic E-state index is -0.601. The topological polar surface area (TPSA) is 102 Å². The second-order valence-corrected chi connectivity index (χ2v) is 7.07. The van der Waals surface area contributed by atoms with Crippen molar-refractivity contribution in [2.75, 3.05) is 13.2 Å². The SMILES string of the molecule is CC.CC.CC.CCC(=O)O/N=C(\C)C(=O)c1ccc(Sc2ccc(C(=O)OCCO)cc2)c(F)c1. The highest BCUT2D eigenvalue weighted by Gasteiger charge is 2.15. The van der Waals surface area contributed by atoms with Crippen LogP contribution < -0.4 is 0 Å². The minimum absolute atomic E-state index is 0.0692. The Bertz CT molecular complexity index is 961. The van der Waals surface area contributed by atoms with Crippen molar-refractivity contribution in [3.8, 4) is 0 Å². The molecule has 0 amide bonds. The Hall–Kier alpha value is -3.04. The molecule has 1 N–H and O–H groups in total. The van der Waals surface area contributed by atoms with Gasteiger partial charge in [0.15, 0.2) is 0 Å². The lowest BCUT2D eigenvalue weighted by Crippen LogP contribution is -2.12. The number of esters is 1. The fraction of sp³-hybridized carbons (Fsp3) is 0.407. The van der Waals surface area contributed by atoms with Crippen molar-refractivity contribution in [3.63, 3.8) is 0 Å². The van der Waals surface area contributed by atoms with Crippen LogP contribution in [0.4, 0.5) is 4.39 Å². The molecule has 200 valence electrons. The fourth-order valence-electron chi connectivity index (χ4n) is 2.17. The lowest BCUT2D eigenvalue weighted by atomic mass is 10.1. The molecular formula is C27H38FNO6S. The molecule has 0 radical (unpaired) electrons. The molecule has 2 aromatic rings. The standard InChI is InChI=1S/C21H20FNO6S.3C2H6/c1-3-19(25)29-23-13(2)20(26)15-6-9-18(17(22)12-15)30-16-7-4-14(5-8-16)21(27)28-11-10-24;3*1-2/h4-9,12,24H,3,10-11H2,1-2H3;3*1-2H3/b23-13+;;;. The molecule has 9 heteroatoms. The summed E-state index contributed by atoms with van der Waals surface area (Å²) in [5.74, 6) is -2.29. The van der Waals surface area contributed by atoms with E-state index in [0.29, 0.717) is 10.5 Å². The normalized spacial score (nSPS) is 9.78. The van der Waals surface area contributed by atoms with Gasteiger partial charge in [0.05, 0.1) is 12.2 Å². The van der Waals surface area contributed by atoms with E-state index in [2.05, 4.69) is 9.99 Å². The fourth-order valence-corrected chi connectivity index (χ4v) is 2.99. The largest absolute Gasteiger partial charge is 0.460 e. The molecule has 7 nitrogen and oxygen atoms in total. The van der Waals surface area contributed by atoms with Crippen LogP contribution in [0.2, 0.25) is 0 Å². The van der Waals surface area contributed by atoms with Crippen LogP contribution >= 0.6 is 11.8 Å². The van der Waals surface area contributed by atoms with Crippen LogP contribution in [-0.2, 0) is 14.4 Å². The number of hydrogen-bond acceptors (Lipinski definition) is 8. The van der Waals surface area contributed by atoms with Crippen LogP contribution in [-0.4, -0.2) is 41.8 Å². The minimum Gasteiger partial charge on any atom is -0.460 e. The summed E-state index contributed by atoms with van der Waals surface area (Å²) in [7, 11) is 0. The van der Waals surface area contributed by atoms with Crippen molar-refractivity contribution >= 4 is 35.2 Å². The first kappa shape index (κ1) is 35.1. The molecule has 0 saturated heterocycles. The monoisotopic (exact) mass is 523 g/mol. The summed E-state index contributed by atoms with van der Waals surface area (Å²) in [5, 5.41) is 12.1. The second kappa shape index (κ2) is 21.3. The molecule has 0 bridgehead atoms. The highest BCUT2D eigenvalue weighted by Crippen LogP contribution is 2.30. The van der Waals surface area contributed by atoms with Gasteiger partial charge in [-0.3, -0.25) is 4.79 Å². The van der Waals surface area contributed by atoms with Gasteiger partial charge in [0.25, 0.3) is 0 Å². The van der Waals surface area contributed by atoms with E-state index in [4.69, 9.17) is 9.84 Å². The van der Waals surface area contributed by atoms with Crippen molar-refractivity contribution in [1.29, 1.82) is 0 Å². The number of hydrogen-bond donors (Lipinski definition) is 1. The van der Waals surface area contributed by atoms with Gasteiger partial charge in [-0.25, -0.2) is 14.0 Å². The van der Waals surface area contributed by atoms with E-state index in [1.165, 1.54) is 31.2 Å². The van der Waals surface area contributed by atoms with Gasteiger partial charge in [0.1, 0.15) is 18.1 Å². The number of oxime groups is 1. The molecule has 2 aromatic carbocycles. The molecular weight excluding hydrogens is 485 g/mol. The summed E-state index contributed by atoms with van der Waals surface area (Å²) >= 11 is 1.12. The van der Waals surface area contributed by atoms with Crippen LogP contribution in [0.15, 0.2) is 57.4 Å². The number of carbonyl (C=O) groups excluding carboxylic acids is 3. The van der Waals surface area contributed by atoms with Crippen molar-refractivity contribution in [1.82, 2.24) is 0 Å². The number of Topliss-reactive ketones (excluding diaryl/α,β-unsaturated/α-hetero) is 1. The van der Waals surface area contributed by atoms with E-state index in [-0.39, 0.29) is 35.8 Å². The zero-order valence-electron chi connectivity index (χ0n) is 22.4. The summed E-state index contributed by atoms with van der Waals surface area (Å²) in [6.07, 6.45) is 0.121. The number of halogens is 1. The van der Waals surface area contributed by atoms with Gasteiger partial charge in [0.2, 0.25) is 5.78 Å². The maximum absolute atomic E-state index is 14.5. The quantitative estimate of drug-likeness (QED) is 0.128. The first-order valence-corrected chi connectivity index (χ1v) is 12.8. The van der Waals surface area contributed by atoms with Gasteiger partial charge < -0.3 is 14.7 Å². The number of nitrogens with zero attached hydrogens (tertiary/aromatic N) is 1. The number of benzene rings is 2. The van der Waals surface area contributed by atoms with Gasteiger partial charge >= 0.3 is 11.9 Å². The van der Waals surface area contributed by atoms with E-state index in [9.17, 15) is 18.8 Å². The summed E-state index contributed by atoms with van der Waals surface area (Å²) in [6.45, 7) is 14.6. The summed E-state index contributed by atoms with van der Waals surface area (Å²) in [5.41, 5.74) is 0.320. The van der Waals surface area contributed by atoms with Gasteiger partial charge in [-0.05, 0) is 49.4 Å². The van der Waals surface area contributed by atoms with E-state index < -0.39 is 23.5 Å². The highest BCUT2D eigenvalue weighted by atomic mass is 32.2. The van der Waals surface area contributed by atoms with Gasteiger partial charge in [0, 0.05) is 21.8 Å². The van der Waals surface area contributed by atoms with Crippen LogP contribution in [0.1, 0.15) is 82.5 Å². The lowest BCUT2D eigenvalue weighted by Gasteiger charge is -2.07.